The molecule has 2 aromatic carbocycles. The molecule has 0 radical (unpaired) electrons. The number of benzene rings is 2. The second kappa shape index (κ2) is 9.04. The van der Waals surface area contributed by atoms with Crippen LogP contribution >= 0.6 is 0 Å². The fourth-order valence-corrected chi connectivity index (χ4v) is 5.71. The van der Waals surface area contributed by atoms with Crippen LogP contribution in [0.25, 0.3) is 6.08 Å². The van der Waals surface area contributed by atoms with E-state index in [1.807, 2.05) is 36.4 Å². The van der Waals surface area contributed by atoms with Gasteiger partial charge in [-0.25, -0.2) is 8.42 Å². The minimum atomic E-state index is -3.32. The molecule has 33 heavy (non-hydrogen) atoms. The summed E-state index contributed by atoms with van der Waals surface area (Å²) in [7, 11) is -3.32. The van der Waals surface area contributed by atoms with Gasteiger partial charge in [0, 0.05) is 5.57 Å². The highest BCUT2D eigenvalue weighted by Gasteiger charge is 2.43. The summed E-state index contributed by atoms with van der Waals surface area (Å²) in [6.45, 7) is 1.94. The number of hydrogen-bond acceptors (Lipinski definition) is 6. The maximum Gasteiger partial charge on any atom is 0.271 e. The smallest absolute Gasteiger partial charge is 0.271 e. The minimum absolute atomic E-state index is 0.0842. The lowest BCUT2D eigenvalue weighted by molar-refractivity contribution is -0.142. The zero-order valence-corrected chi connectivity index (χ0v) is 18.8. The van der Waals surface area contributed by atoms with Crippen molar-refractivity contribution in [3.63, 3.8) is 0 Å². The lowest BCUT2D eigenvalue weighted by Crippen LogP contribution is -2.49. The van der Waals surface area contributed by atoms with Crippen molar-refractivity contribution in [2.45, 2.75) is 26.0 Å². The number of sulfone groups is 1. The number of carbonyl (C=O) groups is 2. The third-order valence-corrected chi connectivity index (χ3v) is 7.51. The lowest BCUT2D eigenvalue weighted by Gasteiger charge is -2.31. The molecule has 0 spiro atoms. The number of carbonyl (C=O) groups excluding carboxylic acids is 2. The van der Waals surface area contributed by atoms with Crippen LogP contribution in [0.4, 0.5) is 0 Å². The van der Waals surface area contributed by atoms with Gasteiger partial charge in [0.15, 0.2) is 9.84 Å². The number of nitriles is 1. The molecule has 0 N–H and O–H groups in total. The molecule has 8 heteroatoms. The second-order valence-corrected chi connectivity index (χ2v) is 10.3. The minimum Gasteiger partial charge on any atom is -0.489 e. The van der Waals surface area contributed by atoms with Crippen LogP contribution in [0.1, 0.15) is 24.5 Å². The van der Waals surface area contributed by atoms with E-state index in [-0.39, 0.29) is 34.6 Å². The van der Waals surface area contributed by atoms with Crippen LogP contribution in [0.2, 0.25) is 0 Å². The van der Waals surface area contributed by atoms with Gasteiger partial charge in [0.05, 0.1) is 17.5 Å². The highest BCUT2D eigenvalue weighted by atomic mass is 32.2. The Morgan fingerprint density at radius 2 is 1.88 bits per heavy atom. The van der Waals surface area contributed by atoms with E-state index >= 15 is 0 Å². The Labute approximate surface area is 192 Å². The number of imide groups is 1. The van der Waals surface area contributed by atoms with E-state index in [0.717, 1.165) is 10.5 Å². The third-order valence-electron chi connectivity index (χ3n) is 5.76. The van der Waals surface area contributed by atoms with Gasteiger partial charge in [-0.2, -0.15) is 5.26 Å². The first-order chi connectivity index (χ1) is 15.8. The zero-order chi connectivity index (χ0) is 23.6. The molecule has 7 nitrogen and oxygen atoms in total. The van der Waals surface area contributed by atoms with Crippen molar-refractivity contribution in [1.29, 1.82) is 5.26 Å². The summed E-state index contributed by atoms with van der Waals surface area (Å²) >= 11 is 0. The number of amides is 2. The summed E-state index contributed by atoms with van der Waals surface area (Å²) in [5, 5.41) is 9.56. The van der Waals surface area contributed by atoms with Crippen molar-refractivity contribution < 1.29 is 22.7 Å². The molecule has 0 bridgehead atoms. The van der Waals surface area contributed by atoms with Crippen LogP contribution in [0, 0.1) is 11.3 Å². The topological polar surface area (TPSA) is 105 Å². The Morgan fingerprint density at radius 1 is 1.12 bits per heavy atom. The Balaban J connectivity index is 1.64. The van der Waals surface area contributed by atoms with Gasteiger partial charge in [-0.15, -0.1) is 0 Å². The summed E-state index contributed by atoms with van der Waals surface area (Å²) in [6, 6.07) is 18.0. The normalized spacial score (nSPS) is 21.4. The largest absolute Gasteiger partial charge is 0.489 e. The van der Waals surface area contributed by atoms with Crippen molar-refractivity contribution in [1.82, 2.24) is 4.90 Å². The molecule has 1 unspecified atom stereocenters. The summed E-state index contributed by atoms with van der Waals surface area (Å²) in [5.74, 6) is -1.08. The summed E-state index contributed by atoms with van der Waals surface area (Å²) in [4.78, 5) is 27.0. The van der Waals surface area contributed by atoms with Gasteiger partial charge in [0.25, 0.3) is 11.8 Å². The van der Waals surface area contributed by atoms with Crippen molar-refractivity contribution in [2.24, 2.45) is 0 Å². The Hall–Kier alpha value is -3.70. The maximum atomic E-state index is 13.3. The summed E-state index contributed by atoms with van der Waals surface area (Å²) in [5.41, 5.74) is 1.99. The third kappa shape index (κ3) is 4.73. The molecule has 168 valence electrons. The van der Waals surface area contributed by atoms with Gasteiger partial charge in [-0.05, 0) is 48.3 Å². The van der Waals surface area contributed by atoms with Gasteiger partial charge >= 0.3 is 0 Å². The first kappa shape index (κ1) is 22.5. The molecule has 2 aromatic rings. The molecule has 2 amide bonds. The molecule has 4 rings (SSSR count). The average Bonchev–Trinajstić information content (AvgIpc) is 3.16. The van der Waals surface area contributed by atoms with Crippen molar-refractivity contribution in [3.8, 4) is 11.8 Å². The van der Waals surface area contributed by atoms with E-state index in [2.05, 4.69) is 0 Å². The van der Waals surface area contributed by atoms with Gasteiger partial charge in [-0.3, -0.25) is 14.5 Å². The molecule has 0 aromatic heterocycles. The van der Waals surface area contributed by atoms with Crippen molar-refractivity contribution >= 4 is 27.7 Å². The van der Waals surface area contributed by atoms with Crippen LogP contribution < -0.4 is 4.74 Å². The molecular formula is C25H22N2O5S. The van der Waals surface area contributed by atoms with E-state index in [0.29, 0.717) is 17.9 Å². The summed E-state index contributed by atoms with van der Waals surface area (Å²) < 4.78 is 29.7. The molecule has 0 saturated carbocycles. The van der Waals surface area contributed by atoms with Crippen LogP contribution in [-0.2, 0) is 26.0 Å². The standard InChI is InChI=1S/C25H22N2O5S/c1-17-22(13-19-8-5-9-21(12-19)32-15-18-6-3-2-4-7-18)24(28)27(25(29)23(17)14-26)20-10-11-33(30,31)16-20/h2-9,12-13,20H,10-11,15-16H2,1H3. The molecule has 2 aliphatic heterocycles. The van der Waals surface area contributed by atoms with Crippen LogP contribution in [0.3, 0.4) is 0 Å². The van der Waals surface area contributed by atoms with Crippen molar-refractivity contribution in [2.75, 3.05) is 11.5 Å². The monoisotopic (exact) mass is 462 g/mol. The molecular weight excluding hydrogens is 440 g/mol. The maximum absolute atomic E-state index is 13.3. The van der Waals surface area contributed by atoms with Gasteiger partial charge in [-0.1, -0.05) is 42.5 Å². The predicted octanol–water partition coefficient (Wildman–Crippen LogP) is 3.04. The molecule has 1 saturated heterocycles. The number of nitrogens with zero attached hydrogens (tertiary/aromatic N) is 2. The molecule has 0 aliphatic carbocycles. The lowest BCUT2D eigenvalue weighted by atomic mass is 9.92. The SMILES string of the molecule is CC1=C(C#N)C(=O)N(C2CCS(=O)(=O)C2)C(=O)C1=Cc1cccc(OCc2ccccc2)c1. The van der Waals surface area contributed by atoms with E-state index in [4.69, 9.17) is 4.74 Å². The van der Waals surface area contributed by atoms with Gasteiger partial charge in [0.2, 0.25) is 0 Å². The van der Waals surface area contributed by atoms with Crippen LogP contribution in [0.15, 0.2) is 71.3 Å². The van der Waals surface area contributed by atoms with Gasteiger partial charge in [0.1, 0.15) is 24.0 Å². The highest BCUT2D eigenvalue weighted by Crippen LogP contribution is 2.31. The number of rotatable bonds is 5. The van der Waals surface area contributed by atoms with E-state index < -0.39 is 27.7 Å². The van der Waals surface area contributed by atoms with Gasteiger partial charge < -0.3 is 4.74 Å². The van der Waals surface area contributed by atoms with E-state index in [1.54, 1.807) is 37.3 Å². The Morgan fingerprint density at radius 3 is 2.55 bits per heavy atom. The second-order valence-electron chi connectivity index (χ2n) is 8.05. The first-order valence-electron chi connectivity index (χ1n) is 10.5. The fraction of sp³-hybridized carbons (Fsp3) is 0.240. The molecule has 1 fully saturated rings. The van der Waals surface area contributed by atoms with E-state index in [9.17, 15) is 23.3 Å². The highest BCUT2D eigenvalue weighted by molar-refractivity contribution is 7.91. The fourth-order valence-electron chi connectivity index (χ4n) is 4.01. The Kier molecular flexibility index (Phi) is 6.16. The van der Waals surface area contributed by atoms with Crippen molar-refractivity contribution in [3.05, 3.63) is 82.4 Å². The van der Waals surface area contributed by atoms with Crippen LogP contribution in [-0.4, -0.2) is 42.7 Å². The molecule has 2 aliphatic rings. The Bertz CT molecular complexity index is 1320. The van der Waals surface area contributed by atoms with E-state index in [1.165, 1.54) is 0 Å². The van der Waals surface area contributed by atoms with Crippen LogP contribution in [0.5, 0.6) is 5.75 Å². The number of hydrogen-bond donors (Lipinski definition) is 0. The molecule has 2 heterocycles. The average molecular weight is 463 g/mol. The zero-order valence-electron chi connectivity index (χ0n) is 18.0. The number of ether oxygens (including phenoxy) is 1. The summed E-state index contributed by atoms with van der Waals surface area (Å²) in [6.07, 6.45) is 1.78. The predicted molar refractivity (Wildman–Crippen MR) is 122 cm³/mol. The quantitative estimate of drug-likeness (QED) is 0.500. The molecule has 1 atom stereocenters. The first-order valence-corrected chi connectivity index (χ1v) is 12.3.